The molecule has 6 aromatic rings. The number of nitrogens with one attached hydrogen (secondary N) is 1. The van der Waals surface area contributed by atoms with Gasteiger partial charge in [-0.25, -0.2) is 29.5 Å². The van der Waals surface area contributed by atoms with Crippen molar-refractivity contribution >= 4 is 91.3 Å². The van der Waals surface area contributed by atoms with Gasteiger partial charge in [-0.1, -0.05) is 60.7 Å². The molecule has 17 heteroatoms. The first-order valence-electron chi connectivity index (χ1n) is 23.0. The minimum absolute atomic E-state index is 0.0913. The number of halogens is 3. The molecule has 4 heterocycles. The van der Waals surface area contributed by atoms with E-state index in [1.807, 2.05) is 114 Å². The highest BCUT2D eigenvalue weighted by Gasteiger charge is 2.31. The molecule has 14 nitrogen and oxygen atoms in total. The van der Waals surface area contributed by atoms with Crippen molar-refractivity contribution in [3.63, 3.8) is 0 Å². The van der Waals surface area contributed by atoms with Crippen molar-refractivity contribution in [1.29, 1.82) is 0 Å². The van der Waals surface area contributed by atoms with Crippen molar-refractivity contribution in [2.45, 2.75) is 78.4 Å². The predicted molar refractivity (Wildman–Crippen MR) is 273 cm³/mol. The Bertz CT molecular complexity index is 2710. The maximum atomic E-state index is 13.6. The average molecular weight is 998 g/mol. The summed E-state index contributed by atoms with van der Waals surface area (Å²) in [7, 11) is 0. The summed E-state index contributed by atoms with van der Waals surface area (Å²) < 4.78 is 10.9. The number of benzene rings is 4. The predicted octanol–water partition coefficient (Wildman–Crippen LogP) is 12.0. The highest BCUT2D eigenvalue weighted by Crippen LogP contribution is 2.27. The van der Waals surface area contributed by atoms with Gasteiger partial charge in [-0.3, -0.25) is 14.5 Å². The number of nitrogens with zero attached hydrogens (tertiary/aromatic N) is 7. The molecule has 4 aromatic carbocycles. The molecule has 69 heavy (non-hydrogen) atoms. The first-order chi connectivity index (χ1) is 32.8. The number of aromatic nitrogens is 4. The minimum atomic E-state index is -0.525. The fourth-order valence-electron chi connectivity index (χ4n) is 7.76. The summed E-state index contributed by atoms with van der Waals surface area (Å²) in [5, 5.41) is 7.41. The number of carbonyl (C=O) groups is 4. The summed E-state index contributed by atoms with van der Waals surface area (Å²) >= 11 is 17.2. The quantitative estimate of drug-likeness (QED) is 0.114. The maximum absolute atomic E-state index is 13.6. The Balaban J connectivity index is 0.000000190. The van der Waals surface area contributed by atoms with Crippen LogP contribution in [-0.2, 0) is 9.47 Å². The summed E-state index contributed by atoms with van der Waals surface area (Å²) in [6, 6.07) is 30.4. The van der Waals surface area contributed by atoms with Crippen LogP contribution in [0.15, 0.2) is 109 Å². The third kappa shape index (κ3) is 16.3. The van der Waals surface area contributed by atoms with Gasteiger partial charge < -0.3 is 24.6 Å². The standard InChI is InChI=1S/C26H29ClN4O3.C15H23ClN4O2.C11H7ClO/c1-26(2,3)34-25(33)30-14-11-18(12-15-30)17-31(22-10-13-28-24(27)29-22)23(32)21-9-8-19-6-4-5-7-20(19)16-21;1-15(2,3)22-14(21)20-8-5-11(6-9-20)10-18-12-4-7-17-13(16)19-12;12-11(13)10-6-5-8-3-1-2-4-9(8)7-10/h4-10,13,16,18H,11-12,14-15,17H2,1-3H3;4,7,11H,5-6,8-10H2,1-3H3,(H,17,18,19);1-7H. The molecule has 2 aliphatic heterocycles. The van der Waals surface area contributed by atoms with Crippen LogP contribution < -0.4 is 10.2 Å². The number of hydrogen-bond donors (Lipinski definition) is 1. The van der Waals surface area contributed by atoms with Crippen LogP contribution in [0.5, 0.6) is 0 Å². The van der Waals surface area contributed by atoms with Crippen molar-refractivity contribution in [2.75, 3.05) is 49.5 Å². The Hall–Kier alpha value is -6.09. The van der Waals surface area contributed by atoms with Crippen molar-refractivity contribution in [3.8, 4) is 0 Å². The Kier molecular flexibility index (Phi) is 18.2. The lowest BCUT2D eigenvalue weighted by atomic mass is 9.96. The van der Waals surface area contributed by atoms with Gasteiger partial charge >= 0.3 is 12.2 Å². The average Bonchev–Trinajstić information content (AvgIpc) is 3.32. The van der Waals surface area contributed by atoms with Crippen molar-refractivity contribution in [1.82, 2.24) is 29.7 Å². The van der Waals surface area contributed by atoms with E-state index in [-0.39, 0.29) is 34.6 Å². The second-order valence-corrected chi connectivity index (χ2v) is 19.9. The molecule has 2 aromatic heterocycles. The van der Waals surface area contributed by atoms with E-state index in [1.54, 1.807) is 51.4 Å². The van der Waals surface area contributed by atoms with Crippen LogP contribution in [-0.4, -0.2) is 104 Å². The fraction of sp³-hybridized carbons (Fsp3) is 0.385. The molecule has 0 atom stereocenters. The van der Waals surface area contributed by atoms with Crippen LogP contribution in [0.1, 0.15) is 87.9 Å². The maximum Gasteiger partial charge on any atom is 0.410 e. The van der Waals surface area contributed by atoms with Crippen molar-refractivity contribution in [2.24, 2.45) is 11.8 Å². The number of ether oxygens (including phenoxy) is 2. The van der Waals surface area contributed by atoms with Gasteiger partial charge in [0.05, 0.1) is 0 Å². The van der Waals surface area contributed by atoms with E-state index >= 15 is 0 Å². The summed E-state index contributed by atoms with van der Waals surface area (Å²) in [5.74, 6) is 1.77. The molecule has 2 aliphatic rings. The molecular weight excluding hydrogens is 939 g/mol. The number of amides is 3. The zero-order valence-corrected chi connectivity index (χ0v) is 42.1. The molecule has 8 rings (SSSR count). The lowest BCUT2D eigenvalue weighted by Crippen LogP contribution is -2.45. The number of anilines is 2. The molecule has 0 saturated carbocycles. The number of hydrogen-bond acceptors (Lipinski definition) is 11. The summed E-state index contributed by atoms with van der Waals surface area (Å²) in [6.45, 7) is 15.2. The van der Waals surface area contributed by atoms with E-state index in [2.05, 4.69) is 25.3 Å². The van der Waals surface area contributed by atoms with Gasteiger partial charge in [-0.05, 0) is 172 Å². The Morgan fingerprint density at radius 2 is 1.09 bits per heavy atom. The SMILES string of the molecule is CC(C)(C)OC(=O)N1CCC(CN(C(=O)c2ccc3ccccc3c2)c2ccnc(Cl)n2)CC1.CC(C)(C)OC(=O)N1CCC(CNc2ccnc(Cl)n2)CC1.O=C(Cl)c1ccc2ccccc2c1. The molecule has 2 saturated heterocycles. The topological polar surface area (TPSA) is 160 Å². The highest BCUT2D eigenvalue weighted by molar-refractivity contribution is 6.67. The zero-order chi connectivity index (χ0) is 49.7. The number of likely N-dealkylation sites (tertiary alicyclic amines) is 2. The molecule has 1 N–H and O–H groups in total. The molecule has 364 valence electrons. The van der Waals surface area contributed by atoms with Gasteiger partial charge in [0.15, 0.2) is 0 Å². The van der Waals surface area contributed by atoms with Gasteiger partial charge in [0.2, 0.25) is 10.6 Å². The van der Waals surface area contributed by atoms with E-state index < -0.39 is 16.4 Å². The van der Waals surface area contributed by atoms with Crippen LogP contribution in [0.25, 0.3) is 21.5 Å². The smallest absolute Gasteiger partial charge is 0.410 e. The Morgan fingerprint density at radius 1 is 0.623 bits per heavy atom. The Morgan fingerprint density at radius 3 is 1.58 bits per heavy atom. The minimum Gasteiger partial charge on any atom is -0.444 e. The normalized spacial score (nSPS) is 14.4. The highest BCUT2D eigenvalue weighted by atomic mass is 35.5. The number of carbonyl (C=O) groups excluding carboxylic acids is 4. The molecular formula is C52H59Cl3N8O6. The molecule has 0 unspecified atom stereocenters. The summed E-state index contributed by atoms with van der Waals surface area (Å²) in [5.41, 5.74) is 0.158. The van der Waals surface area contributed by atoms with Crippen molar-refractivity contribution < 1.29 is 28.7 Å². The van der Waals surface area contributed by atoms with Crippen LogP contribution >= 0.6 is 34.8 Å². The van der Waals surface area contributed by atoms with Gasteiger partial charge in [0.25, 0.3) is 11.1 Å². The fourth-order valence-corrected chi connectivity index (χ4v) is 8.17. The van der Waals surface area contributed by atoms with Gasteiger partial charge in [-0.2, -0.15) is 0 Å². The van der Waals surface area contributed by atoms with Crippen LogP contribution in [0.3, 0.4) is 0 Å². The van der Waals surface area contributed by atoms with Crippen LogP contribution in [0.2, 0.25) is 10.6 Å². The number of fused-ring (bicyclic) bond motifs is 2. The van der Waals surface area contributed by atoms with Gasteiger partial charge in [0.1, 0.15) is 22.8 Å². The van der Waals surface area contributed by atoms with Gasteiger partial charge in [-0.15, -0.1) is 0 Å². The van der Waals surface area contributed by atoms with E-state index in [0.717, 1.165) is 72.7 Å². The zero-order valence-electron chi connectivity index (χ0n) is 39.8. The van der Waals surface area contributed by atoms with E-state index in [9.17, 15) is 19.2 Å². The monoisotopic (exact) mass is 996 g/mol. The second kappa shape index (κ2) is 24.0. The molecule has 3 amide bonds. The van der Waals surface area contributed by atoms with Crippen molar-refractivity contribution in [3.05, 3.63) is 131 Å². The van der Waals surface area contributed by atoms with E-state index in [0.29, 0.717) is 42.5 Å². The molecule has 0 spiro atoms. The summed E-state index contributed by atoms with van der Waals surface area (Å²) in [6.07, 6.45) is 6.09. The second-order valence-electron chi connectivity index (χ2n) is 18.9. The van der Waals surface area contributed by atoms with E-state index in [1.165, 1.54) is 0 Å². The largest absolute Gasteiger partial charge is 0.444 e. The van der Waals surface area contributed by atoms with Gasteiger partial charge in [0, 0.05) is 62.8 Å². The summed E-state index contributed by atoms with van der Waals surface area (Å²) in [4.78, 5) is 70.3. The molecule has 0 bridgehead atoms. The lowest BCUT2D eigenvalue weighted by Gasteiger charge is -2.35. The number of piperidine rings is 2. The molecule has 0 aliphatic carbocycles. The van der Waals surface area contributed by atoms with Crippen LogP contribution in [0, 0.1) is 11.8 Å². The first kappa shape index (κ1) is 52.3. The first-order valence-corrected chi connectivity index (χ1v) is 24.1. The third-order valence-corrected chi connectivity index (χ3v) is 11.9. The van der Waals surface area contributed by atoms with E-state index in [4.69, 9.17) is 44.3 Å². The van der Waals surface area contributed by atoms with Crippen LogP contribution in [0.4, 0.5) is 21.2 Å². The third-order valence-electron chi connectivity index (χ3n) is 11.3. The Labute approximate surface area is 418 Å². The molecule has 0 radical (unpaired) electrons. The lowest BCUT2D eigenvalue weighted by molar-refractivity contribution is 0.0176. The number of rotatable bonds is 8. The molecule has 2 fully saturated rings.